The summed E-state index contributed by atoms with van der Waals surface area (Å²) in [5.74, 6) is 0. The molecule has 2 bridgehead atoms. The van der Waals surface area contributed by atoms with Gasteiger partial charge in [-0.3, -0.25) is 5.32 Å². The summed E-state index contributed by atoms with van der Waals surface area (Å²) in [6.07, 6.45) is 4.23. The summed E-state index contributed by atoms with van der Waals surface area (Å²) in [6.45, 7) is 5.49. The lowest BCUT2D eigenvalue weighted by Gasteiger charge is -2.41. The van der Waals surface area contributed by atoms with Gasteiger partial charge in [-0.15, -0.1) is 0 Å². The van der Waals surface area contributed by atoms with Crippen molar-refractivity contribution >= 4 is 5.69 Å². The van der Waals surface area contributed by atoms with E-state index < -0.39 is 0 Å². The topological polar surface area (TPSA) is 17.3 Å². The standard InChI is InChI=1S/C15H10N2/c1-10-11-7-14-13(15(10)17(14)9-11)8-16-12-5-3-2-4-6-12/h3-8,14H,1H3. The fourth-order valence-electron chi connectivity index (χ4n) is 2.59. The highest BCUT2D eigenvalue weighted by Crippen LogP contribution is 2.53. The number of benzene rings is 1. The zero-order chi connectivity index (χ0) is 11.4. The van der Waals surface area contributed by atoms with Crippen LogP contribution in [0.1, 0.15) is 6.92 Å². The maximum Gasteiger partial charge on any atom is 0.127 e. The normalized spacial score (nSPS) is 26.4. The molecule has 1 aromatic rings. The molecule has 0 amide bonds. The van der Waals surface area contributed by atoms with E-state index in [1.165, 1.54) is 22.4 Å². The van der Waals surface area contributed by atoms with Gasteiger partial charge in [0.15, 0.2) is 0 Å². The maximum atomic E-state index is 4.50. The Hall–Kier alpha value is -1.96. The van der Waals surface area contributed by atoms with Crippen LogP contribution >= 0.6 is 0 Å². The lowest BCUT2D eigenvalue weighted by molar-refractivity contribution is 0.354. The van der Waals surface area contributed by atoms with E-state index in [1.54, 1.807) is 0 Å². The van der Waals surface area contributed by atoms with E-state index >= 15 is 0 Å². The second-order valence-corrected chi connectivity index (χ2v) is 4.45. The lowest BCUT2D eigenvalue weighted by Crippen LogP contribution is -2.41. The number of fused-ring (bicyclic) bond motifs is 1. The van der Waals surface area contributed by atoms with Gasteiger partial charge < -0.3 is 4.90 Å². The molecule has 3 heterocycles. The Labute approximate surface area is 101 Å². The molecule has 0 saturated carbocycles. The van der Waals surface area contributed by atoms with E-state index in [9.17, 15) is 0 Å². The molecule has 2 nitrogen and oxygen atoms in total. The molecule has 0 spiro atoms. The summed E-state index contributed by atoms with van der Waals surface area (Å²) in [7, 11) is 0. The van der Waals surface area contributed by atoms with E-state index in [2.05, 4.69) is 35.8 Å². The number of rotatable bonds is 2. The van der Waals surface area contributed by atoms with Gasteiger partial charge >= 0.3 is 0 Å². The van der Waals surface area contributed by atoms with Crippen molar-refractivity contribution in [2.45, 2.75) is 13.0 Å². The molecule has 0 aliphatic carbocycles. The van der Waals surface area contributed by atoms with Crippen LogP contribution in [0, 0.1) is 12.6 Å². The first-order chi connectivity index (χ1) is 8.34. The van der Waals surface area contributed by atoms with Gasteiger partial charge in [0.05, 0.1) is 11.7 Å². The summed E-state index contributed by atoms with van der Waals surface area (Å²) in [5, 5.41) is 4.50. The quantitative estimate of drug-likeness (QED) is 0.745. The molecule has 1 unspecified atom stereocenters. The zero-order valence-electron chi connectivity index (χ0n) is 9.44. The van der Waals surface area contributed by atoms with Crippen LogP contribution in [-0.4, -0.2) is 10.9 Å². The molecule has 2 heteroatoms. The van der Waals surface area contributed by atoms with E-state index in [0.717, 1.165) is 5.69 Å². The van der Waals surface area contributed by atoms with Gasteiger partial charge in [0.2, 0.25) is 0 Å². The molecular formula is C15H10N2. The minimum absolute atomic E-state index is 0.391. The molecular weight excluding hydrogens is 208 g/mol. The van der Waals surface area contributed by atoms with Crippen molar-refractivity contribution in [2.24, 2.45) is 0 Å². The van der Waals surface area contributed by atoms with Crippen molar-refractivity contribution < 1.29 is 0 Å². The summed E-state index contributed by atoms with van der Waals surface area (Å²) in [4.78, 5) is 2.20. The van der Waals surface area contributed by atoms with Gasteiger partial charge in [0.1, 0.15) is 6.54 Å². The summed E-state index contributed by atoms with van der Waals surface area (Å²) in [6, 6.07) is 11.1. The Balaban J connectivity index is 1.61. The Morgan fingerprint density at radius 1 is 1.35 bits per heavy atom. The average molecular weight is 218 g/mol. The fourth-order valence-corrected chi connectivity index (χ4v) is 2.59. The molecule has 3 aliphatic rings. The predicted octanol–water partition coefficient (Wildman–Crippen LogP) is 2.56. The Bertz CT molecular complexity index is 578. The van der Waals surface area contributed by atoms with Crippen molar-refractivity contribution in [2.75, 3.05) is 0 Å². The van der Waals surface area contributed by atoms with Crippen LogP contribution in [0.15, 0.2) is 59.0 Å². The molecule has 1 aromatic carbocycles. The fraction of sp³-hybridized carbons (Fsp3) is 0.133. The van der Waals surface area contributed by atoms with Crippen LogP contribution in [0.3, 0.4) is 0 Å². The Morgan fingerprint density at radius 3 is 2.82 bits per heavy atom. The third-order valence-corrected chi connectivity index (χ3v) is 3.49. The number of hydrogen-bond acceptors (Lipinski definition) is 1. The third kappa shape index (κ3) is 1.10. The lowest BCUT2D eigenvalue weighted by atomic mass is 9.87. The predicted molar refractivity (Wildman–Crippen MR) is 64.8 cm³/mol. The van der Waals surface area contributed by atoms with Gasteiger partial charge in [-0.2, -0.15) is 0 Å². The summed E-state index contributed by atoms with van der Waals surface area (Å²) < 4.78 is 0. The third-order valence-electron chi connectivity index (χ3n) is 3.49. The van der Waals surface area contributed by atoms with Crippen molar-refractivity contribution in [1.29, 1.82) is 0 Å². The minimum Gasteiger partial charge on any atom is -0.345 e. The molecule has 0 N–H and O–H groups in total. The van der Waals surface area contributed by atoms with Crippen LogP contribution in [0.25, 0.3) is 0 Å². The molecule has 3 aliphatic heterocycles. The largest absolute Gasteiger partial charge is 0.345 e. The van der Waals surface area contributed by atoms with E-state index in [1.807, 2.05) is 30.5 Å². The number of nitrogens with zero attached hydrogens (tertiary/aromatic N) is 2. The van der Waals surface area contributed by atoms with Gasteiger partial charge in [-0.05, 0) is 36.3 Å². The monoisotopic (exact) mass is 218 g/mol. The van der Waals surface area contributed by atoms with Gasteiger partial charge in [0, 0.05) is 17.5 Å². The maximum absolute atomic E-state index is 4.50. The minimum atomic E-state index is 0.391. The first kappa shape index (κ1) is 9.11. The van der Waals surface area contributed by atoms with Crippen LogP contribution < -0.4 is 5.32 Å². The van der Waals surface area contributed by atoms with Crippen molar-refractivity contribution in [3.63, 3.8) is 0 Å². The highest BCUT2D eigenvalue weighted by molar-refractivity contribution is 5.68. The first-order valence-electron chi connectivity index (χ1n) is 5.71. The van der Waals surface area contributed by atoms with E-state index in [4.69, 9.17) is 0 Å². The SMILES string of the molecule is CC1=C2C(=C[N]c3cc[c]cc3)C3C=C1[C]N23. The molecule has 4 radical (unpaired) electrons. The van der Waals surface area contributed by atoms with Crippen LogP contribution in [-0.2, 0) is 0 Å². The molecule has 1 fully saturated rings. The molecule has 17 heavy (non-hydrogen) atoms. The van der Waals surface area contributed by atoms with E-state index in [-0.39, 0.29) is 0 Å². The number of hydrogen-bond donors (Lipinski definition) is 0. The van der Waals surface area contributed by atoms with Crippen molar-refractivity contribution in [3.05, 3.63) is 71.6 Å². The zero-order valence-corrected chi connectivity index (χ0v) is 9.44. The Kier molecular flexibility index (Phi) is 1.63. The smallest absolute Gasteiger partial charge is 0.127 e. The van der Waals surface area contributed by atoms with Crippen molar-refractivity contribution in [1.82, 2.24) is 10.2 Å². The average Bonchev–Trinajstić information content (AvgIpc) is 2.83. The van der Waals surface area contributed by atoms with Crippen LogP contribution in [0.5, 0.6) is 0 Å². The highest BCUT2D eigenvalue weighted by atomic mass is 15.3. The van der Waals surface area contributed by atoms with Gasteiger partial charge in [-0.1, -0.05) is 18.2 Å². The first-order valence-corrected chi connectivity index (χ1v) is 5.71. The Morgan fingerprint density at radius 2 is 2.18 bits per heavy atom. The second kappa shape index (κ2) is 3.04. The molecule has 80 valence electrons. The summed E-state index contributed by atoms with van der Waals surface area (Å²) in [5.41, 5.74) is 6.18. The highest BCUT2D eigenvalue weighted by Gasteiger charge is 2.49. The van der Waals surface area contributed by atoms with Crippen LogP contribution in [0.2, 0.25) is 0 Å². The second-order valence-electron chi connectivity index (χ2n) is 4.45. The molecule has 1 atom stereocenters. The van der Waals surface area contributed by atoms with Crippen LogP contribution in [0.4, 0.5) is 5.69 Å². The summed E-state index contributed by atoms with van der Waals surface area (Å²) >= 11 is 0. The molecule has 4 rings (SSSR count). The van der Waals surface area contributed by atoms with Gasteiger partial charge in [-0.25, -0.2) is 0 Å². The molecule has 1 saturated heterocycles. The van der Waals surface area contributed by atoms with Gasteiger partial charge in [0.25, 0.3) is 0 Å². The van der Waals surface area contributed by atoms with E-state index in [0.29, 0.717) is 6.04 Å². The molecule has 0 aromatic heterocycles. The van der Waals surface area contributed by atoms with Crippen molar-refractivity contribution in [3.8, 4) is 0 Å².